The standard InChI is InChI=1S/C17H26N6O/c1-11-14(13(3)22(4)21-11)10-16(24)18-12(2)17-20-19-15-8-6-5-7-9-23(15)17/h12H,5-10H2,1-4H3,(H,18,24)/t12-/m0/s1. The summed E-state index contributed by atoms with van der Waals surface area (Å²) < 4.78 is 4.00. The van der Waals surface area contributed by atoms with E-state index >= 15 is 0 Å². The van der Waals surface area contributed by atoms with Gasteiger partial charge < -0.3 is 9.88 Å². The molecule has 0 saturated carbocycles. The summed E-state index contributed by atoms with van der Waals surface area (Å²) in [6, 6.07) is -0.144. The Bertz CT molecular complexity index is 745. The molecule has 3 heterocycles. The summed E-state index contributed by atoms with van der Waals surface area (Å²) in [6.45, 7) is 6.85. The summed E-state index contributed by atoms with van der Waals surface area (Å²) in [7, 11) is 1.90. The number of rotatable bonds is 4. The summed E-state index contributed by atoms with van der Waals surface area (Å²) >= 11 is 0. The van der Waals surface area contributed by atoms with Gasteiger partial charge in [0, 0.05) is 31.3 Å². The largest absolute Gasteiger partial charge is 0.346 e. The molecule has 0 fully saturated rings. The Morgan fingerprint density at radius 3 is 2.75 bits per heavy atom. The number of nitrogens with one attached hydrogen (secondary N) is 1. The van der Waals surface area contributed by atoms with E-state index in [0.717, 1.165) is 48.0 Å². The van der Waals surface area contributed by atoms with Gasteiger partial charge in [0.2, 0.25) is 5.91 Å². The van der Waals surface area contributed by atoms with Crippen molar-refractivity contribution in [2.24, 2.45) is 7.05 Å². The normalized spacial score (nSPS) is 15.7. The van der Waals surface area contributed by atoms with E-state index in [4.69, 9.17) is 0 Å². The fourth-order valence-electron chi connectivity index (χ4n) is 3.42. The van der Waals surface area contributed by atoms with E-state index < -0.39 is 0 Å². The van der Waals surface area contributed by atoms with Crippen molar-refractivity contribution in [3.63, 3.8) is 0 Å². The third kappa shape index (κ3) is 3.20. The molecule has 7 heteroatoms. The van der Waals surface area contributed by atoms with E-state index in [1.165, 1.54) is 12.8 Å². The quantitative estimate of drug-likeness (QED) is 0.927. The lowest BCUT2D eigenvalue weighted by Crippen LogP contribution is -2.30. The van der Waals surface area contributed by atoms with Crippen molar-refractivity contribution in [2.45, 2.75) is 65.5 Å². The maximum Gasteiger partial charge on any atom is 0.225 e. The summed E-state index contributed by atoms with van der Waals surface area (Å²) in [5, 5.41) is 16.1. The maximum absolute atomic E-state index is 12.5. The van der Waals surface area contributed by atoms with Crippen LogP contribution in [-0.2, 0) is 31.2 Å². The first-order valence-corrected chi connectivity index (χ1v) is 8.67. The number of fused-ring (bicyclic) bond motifs is 1. The highest BCUT2D eigenvalue weighted by atomic mass is 16.1. The van der Waals surface area contributed by atoms with E-state index in [1.807, 2.05) is 32.5 Å². The number of amides is 1. The zero-order valence-corrected chi connectivity index (χ0v) is 15.0. The Balaban J connectivity index is 1.69. The van der Waals surface area contributed by atoms with Crippen LogP contribution in [0.2, 0.25) is 0 Å². The van der Waals surface area contributed by atoms with Crippen molar-refractivity contribution in [3.05, 3.63) is 28.6 Å². The van der Waals surface area contributed by atoms with Gasteiger partial charge in [0.1, 0.15) is 5.82 Å². The van der Waals surface area contributed by atoms with Gasteiger partial charge in [-0.05, 0) is 33.6 Å². The van der Waals surface area contributed by atoms with Gasteiger partial charge in [0.05, 0.1) is 18.2 Å². The van der Waals surface area contributed by atoms with Crippen LogP contribution in [0.25, 0.3) is 0 Å². The second kappa shape index (κ2) is 6.75. The second-order valence-electron chi connectivity index (χ2n) is 6.68. The topological polar surface area (TPSA) is 77.6 Å². The molecular formula is C17H26N6O. The number of carbonyl (C=O) groups is 1. The molecule has 1 aliphatic heterocycles. The molecule has 0 unspecified atom stereocenters. The van der Waals surface area contributed by atoms with Crippen LogP contribution >= 0.6 is 0 Å². The molecule has 2 aromatic rings. The molecular weight excluding hydrogens is 304 g/mol. The van der Waals surface area contributed by atoms with Gasteiger partial charge in [-0.2, -0.15) is 5.10 Å². The van der Waals surface area contributed by atoms with Gasteiger partial charge in [-0.3, -0.25) is 9.48 Å². The van der Waals surface area contributed by atoms with Gasteiger partial charge in [-0.1, -0.05) is 6.42 Å². The average Bonchev–Trinajstić information content (AvgIpc) is 2.93. The SMILES string of the molecule is Cc1nn(C)c(C)c1CC(=O)N[C@@H](C)c1nnc2n1CCCCC2. The van der Waals surface area contributed by atoms with Gasteiger partial charge in [-0.15, -0.1) is 10.2 Å². The van der Waals surface area contributed by atoms with Crippen LogP contribution in [0.1, 0.15) is 60.8 Å². The number of carbonyl (C=O) groups excluding carboxylic acids is 1. The van der Waals surface area contributed by atoms with Gasteiger partial charge in [0.15, 0.2) is 5.82 Å². The highest BCUT2D eigenvalue weighted by Crippen LogP contribution is 2.19. The lowest BCUT2D eigenvalue weighted by molar-refractivity contribution is -0.121. The van der Waals surface area contributed by atoms with Crippen molar-refractivity contribution in [1.82, 2.24) is 29.9 Å². The van der Waals surface area contributed by atoms with Crippen LogP contribution < -0.4 is 5.32 Å². The number of hydrogen-bond donors (Lipinski definition) is 1. The Morgan fingerprint density at radius 2 is 2.04 bits per heavy atom. The third-order valence-corrected chi connectivity index (χ3v) is 4.90. The molecule has 1 N–H and O–H groups in total. The molecule has 0 aliphatic carbocycles. The molecule has 7 nitrogen and oxygen atoms in total. The van der Waals surface area contributed by atoms with E-state index in [0.29, 0.717) is 6.42 Å². The van der Waals surface area contributed by atoms with E-state index in [1.54, 1.807) is 0 Å². The Morgan fingerprint density at radius 1 is 1.25 bits per heavy atom. The van der Waals surface area contributed by atoms with Crippen LogP contribution in [0, 0.1) is 13.8 Å². The molecule has 2 aromatic heterocycles. The van der Waals surface area contributed by atoms with Crippen LogP contribution in [0.15, 0.2) is 0 Å². The van der Waals surface area contributed by atoms with Gasteiger partial charge in [0.25, 0.3) is 0 Å². The van der Waals surface area contributed by atoms with Crippen molar-refractivity contribution in [2.75, 3.05) is 0 Å². The van der Waals surface area contributed by atoms with Crippen molar-refractivity contribution >= 4 is 5.91 Å². The highest BCUT2D eigenvalue weighted by Gasteiger charge is 2.21. The molecule has 130 valence electrons. The highest BCUT2D eigenvalue weighted by molar-refractivity contribution is 5.79. The third-order valence-electron chi connectivity index (χ3n) is 4.90. The molecule has 1 atom stereocenters. The predicted molar refractivity (Wildman–Crippen MR) is 90.5 cm³/mol. The second-order valence-corrected chi connectivity index (χ2v) is 6.68. The average molecular weight is 330 g/mol. The summed E-state index contributed by atoms with van der Waals surface area (Å²) in [4.78, 5) is 12.5. The van der Waals surface area contributed by atoms with E-state index in [2.05, 4.69) is 25.2 Å². The fraction of sp³-hybridized carbons (Fsp3) is 0.647. The zero-order chi connectivity index (χ0) is 17.3. The molecule has 3 rings (SSSR count). The molecule has 0 aromatic carbocycles. The number of aromatic nitrogens is 5. The van der Waals surface area contributed by atoms with Crippen LogP contribution in [-0.4, -0.2) is 30.5 Å². The Hall–Kier alpha value is -2.18. The first-order chi connectivity index (χ1) is 11.5. The molecule has 1 amide bonds. The number of hydrogen-bond acceptors (Lipinski definition) is 4. The minimum atomic E-state index is -0.144. The fourth-order valence-corrected chi connectivity index (χ4v) is 3.42. The predicted octanol–water partition coefficient (Wildman–Crippen LogP) is 1.77. The summed E-state index contributed by atoms with van der Waals surface area (Å²) in [5.41, 5.74) is 2.95. The molecule has 0 spiro atoms. The maximum atomic E-state index is 12.5. The van der Waals surface area contributed by atoms with Gasteiger partial charge >= 0.3 is 0 Å². The molecule has 24 heavy (non-hydrogen) atoms. The summed E-state index contributed by atoms with van der Waals surface area (Å²) in [6.07, 6.45) is 4.85. The molecule has 0 radical (unpaired) electrons. The van der Waals surface area contributed by atoms with Crippen molar-refractivity contribution < 1.29 is 4.79 Å². The van der Waals surface area contributed by atoms with Crippen LogP contribution in [0.5, 0.6) is 0 Å². The Labute approximate surface area is 142 Å². The minimum absolute atomic E-state index is 0.00679. The number of aryl methyl sites for hydroxylation is 3. The van der Waals surface area contributed by atoms with E-state index in [9.17, 15) is 4.79 Å². The Kier molecular flexibility index (Phi) is 4.69. The number of nitrogens with zero attached hydrogens (tertiary/aromatic N) is 5. The van der Waals surface area contributed by atoms with Gasteiger partial charge in [-0.25, -0.2) is 0 Å². The first-order valence-electron chi connectivity index (χ1n) is 8.67. The zero-order valence-electron chi connectivity index (χ0n) is 15.0. The van der Waals surface area contributed by atoms with Crippen LogP contribution in [0.3, 0.4) is 0 Å². The minimum Gasteiger partial charge on any atom is -0.346 e. The first kappa shape index (κ1) is 16.7. The molecule has 0 saturated heterocycles. The van der Waals surface area contributed by atoms with E-state index in [-0.39, 0.29) is 11.9 Å². The van der Waals surface area contributed by atoms with Crippen molar-refractivity contribution in [3.8, 4) is 0 Å². The molecule has 1 aliphatic rings. The summed E-state index contributed by atoms with van der Waals surface area (Å²) in [5.74, 6) is 1.90. The monoisotopic (exact) mass is 330 g/mol. The lowest BCUT2D eigenvalue weighted by Gasteiger charge is -2.15. The smallest absolute Gasteiger partial charge is 0.225 e. The van der Waals surface area contributed by atoms with Crippen molar-refractivity contribution in [1.29, 1.82) is 0 Å². The molecule has 0 bridgehead atoms. The van der Waals surface area contributed by atoms with Crippen LogP contribution in [0.4, 0.5) is 0 Å². The lowest BCUT2D eigenvalue weighted by atomic mass is 10.1.